The first-order valence-electron chi connectivity index (χ1n) is 5.36. The van der Waals surface area contributed by atoms with Gasteiger partial charge in [0, 0.05) is 31.6 Å². The highest BCUT2D eigenvalue weighted by Crippen LogP contribution is 2.37. The van der Waals surface area contributed by atoms with Gasteiger partial charge >= 0.3 is 0 Å². The molecule has 1 spiro atoms. The molecule has 0 aromatic heterocycles. The molecule has 2 heterocycles. The third-order valence-electron chi connectivity index (χ3n) is 3.78. The Morgan fingerprint density at radius 3 is 2.21 bits per heavy atom. The van der Waals surface area contributed by atoms with Gasteiger partial charge in [-0.2, -0.15) is 0 Å². The fraction of sp³-hybridized carbons (Fsp3) is 0.909. The van der Waals surface area contributed by atoms with Crippen molar-refractivity contribution in [3.8, 4) is 0 Å². The van der Waals surface area contributed by atoms with E-state index in [1.165, 1.54) is 0 Å². The molecule has 0 atom stereocenters. The number of rotatable bonds is 0. The molecule has 2 fully saturated rings. The van der Waals surface area contributed by atoms with E-state index >= 15 is 0 Å². The van der Waals surface area contributed by atoms with Crippen LogP contribution in [-0.4, -0.2) is 53.3 Å². The van der Waals surface area contributed by atoms with Crippen LogP contribution >= 0.6 is 0 Å². The van der Waals surface area contributed by atoms with Crippen molar-refractivity contribution in [1.29, 1.82) is 0 Å². The molecule has 0 bridgehead atoms. The van der Waals surface area contributed by atoms with Crippen LogP contribution in [0.5, 0.6) is 0 Å². The highest BCUT2D eigenvalue weighted by atomic mass is 16.1. The molecule has 0 aromatic carbocycles. The van der Waals surface area contributed by atoms with Crippen LogP contribution in [0.15, 0.2) is 0 Å². The van der Waals surface area contributed by atoms with Gasteiger partial charge < -0.3 is 0 Å². The molecular formula is C11H20N2O. The van der Waals surface area contributed by atoms with Crippen molar-refractivity contribution in [2.24, 2.45) is 0 Å². The van der Waals surface area contributed by atoms with E-state index in [4.69, 9.17) is 0 Å². The lowest BCUT2D eigenvalue weighted by molar-refractivity contribution is -0.139. The Morgan fingerprint density at radius 1 is 1.29 bits per heavy atom. The van der Waals surface area contributed by atoms with Crippen LogP contribution in [0.3, 0.4) is 0 Å². The van der Waals surface area contributed by atoms with E-state index in [0.29, 0.717) is 5.78 Å². The topological polar surface area (TPSA) is 23.6 Å². The Labute approximate surface area is 86.1 Å². The predicted molar refractivity (Wildman–Crippen MR) is 56.3 cm³/mol. The third kappa shape index (κ3) is 1.22. The minimum absolute atomic E-state index is 0.118. The summed E-state index contributed by atoms with van der Waals surface area (Å²) in [5.41, 5.74) is 0.0856. The van der Waals surface area contributed by atoms with Gasteiger partial charge in [-0.25, -0.2) is 0 Å². The standard InChI is InChI=1S/C11H20N2O/c1-10(2,3)13-7-11(8-13)9(14)5-6-12(11)4/h5-8H2,1-4H3. The summed E-state index contributed by atoms with van der Waals surface area (Å²) in [6.07, 6.45) is 0.745. The lowest BCUT2D eigenvalue weighted by Gasteiger charge is -2.55. The maximum absolute atomic E-state index is 11.8. The zero-order chi connectivity index (χ0) is 10.6. The van der Waals surface area contributed by atoms with E-state index in [-0.39, 0.29) is 11.1 Å². The molecular weight excluding hydrogens is 176 g/mol. The lowest BCUT2D eigenvalue weighted by atomic mass is 9.82. The van der Waals surface area contributed by atoms with Gasteiger partial charge in [-0.3, -0.25) is 14.6 Å². The predicted octanol–water partition coefficient (Wildman–Crippen LogP) is 0.744. The summed E-state index contributed by atoms with van der Waals surface area (Å²) >= 11 is 0. The monoisotopic (exact) mass is 196 g/mol. The number of carbonyl (C=O) groups is 1. The number of likely N-dealkylation sites (tertiary alicyclic amines) is 2. The first-order valence-corrected chi connectivity index (χ1v) is 5.36. The van der Waals surface area contributed by atoms with Crippen molar-refractivity contribution in [2.45, 2.75) is 38.3 Å². The van der Waals surface area contributed by atoms with Gasteiger partial charge in [0.05, 0.1) is 0 Å². The zero-order valence-electron chi connectivity index (χ0n) is 9.63. The second-order valence-electron chi connectivity index (χ2n) is 5.65. The minimum atomic E-state index is -0.118. The number of hydrogen-bond acceptors (Lipinski definition) is 3. The third-order valence-corrected chi connectivity index (χ3v) is 3.78. The summed E-state index contributed by atoms with van der Waals surface area (Å²) in [4.78, 5) is 16.4. The Morgan fingerprint density at radius 2 is 1.86 bits per heavy atom. The molecule has 0 amide bonds. The van der Waals surface area contributed by atoms with Crippen LogP contribution in [0, 0.1) is 0 Å². The maximum Gasteiger partial charge on any atom is 0.156 e. The summed E-state index contributed by atoms with van der Waals surface area (Å²) in [5, 5.41) is 0. The summed E-state index contributed by atoms with van der Waals surface area (Å²) in [5.74, 6) is 0.445. The van der Waals surface area contributed by atoms with Gasteiger partial charge in [0.25, 0.3) is 0 Å². The highest BCUT2D eigenvalue weighted by Gasteiger charge is 2.56. The smallest absolute Gasteiger partial charge is 0.156 e. The Kier molecular flexibility index (Phi) is 2.02. The number of ketones is 1. The van der Waals surface area contributed by atoms with Crippen molar-refractivity contribution >= 4 is 5.78 Å². The zero-order valence-corrected chi connectivity index (χ0v) is 9.63. The number of likely N-dealkylation sites (N-methyl/N-ethyl adjacent to an activating group) is 1. The van der Waals surface area contributed by atoms with E-state index in [1.807, 2.05) is 0 Å². The van der Waals surface area contributed by atoms with Gasteiger partial charge in [-0.05, 0) is 27.8 Å². The number of nitrogens with zero attached hydrogens (tertiary/aromatic N) is 2. The Bertz CT molecular complexity index is 261. The van der Waals surface area contributed by atoms with Crippen molar-refractivity contribution in [2.75, 3.05) is 26.7 Å². The van der Waals surface area contributed by atoms with Crippen molar-refractivity contribution in [1.82, 2.24) is 9.80 Å². The SMILES string of the molecule is CN1CCC(=O)C12CN(C(C)(C)C)C2. The average Bonchev–Trinajstić information content (AvgIpc) is 2.22. The van der Waals surface area contributed by atoms with Crippen LogP contribution in [0.2, 0.25) is 0 Å². The normalized spacial score (nSPS) is 28.4. The second kappa shape index (κ2) is 2.80. The number of carbonyl (C=O) groups excluding carboxylic acids is 1. The molecule has 2 rings (SSSR count). The molecule has 0 radical (unpaired) electrons. The molecule has 0 unspecified atom stereocenters. The molecule has 3 nitrogen and oxygen atoms in total. The molecule has 0 saturated carbocycles. The van der Waals surface area contributed by atoms with Crippen LogP contribution in [0.4, 0.5) is 0 Å². The van der Waals surface area contributed by atoms with Crippen LogP contribution < -0.4 is 0 Å². The largest absolute Gasteiger partial charge is 0.297 e. The molecule has 0 aliphatic carbocycles. The van der Waals surface area contributed by atoms with E-state index in [0.717, 1.165) is 26.1 Å². The average molecular weight is 196 g/mol. The molecule has 0 N–H and O–H groups in total. The van der Waals surface area contributed by atoms with Crippen LogP contribution in [0.25, 0.3) is 0 Å². The number of hydrogen-bond donors (Lipinski definition) is 0. The molecule has 80 valence electrons. The fourth-order valence-corrected chi connectivity index (χ4v) is 2.41. The van der Waals surface area contributed by atoms with E-state index < -0.39 is 0 Å². The van der Waals surface area contributed by atoms with Crippen molar-refractivity contribution in [3.63, 3.8) is 0 Å². The molecule has 2 aliphatic rings. The van der Waals surface area contributed by atoms with Crippen molar-refractivity contribution in [3.05, 3.63) is 0 Å². The molecule has 0 aromatic rings. The van der Waals surface area contributed by atoms with Gasteiger partial charge in [-0.1, -0.05) is 0 Å². The van der Waals surface area contributed by atoms with Gasteiger partial charge in [0.15, 0.2) is 5.78 Å². The molecule has 2 saturated heterocycles. The minimum Gasteiger partial charge on any atom is -0.297 e. The van der Waals surface area contributed by atoms with E-state index in [1.54, 1.807) is 0 Å². The summed E-state index contributed by atoms with van der Waals surface area (Å²) in [7, 11) is 2.07. The highest BCUT2D eigenvalue weighted by molar-refractivity contribution is 5.92. The van der Waals surface area contributed by atoms with Crippen molar-refractivity contribution < 1.29 is 4.79 Å². The molecule has 3 heteroatoms. The summed E-state index contributed by atoms with van der Waals surface area (Å²) < 4.78 is 0. The van der Waals surface area contributed by atoms with Gasteiger partial charge in [0.2, 0.25) is 0 Å². The lowest BCUT2D eigenvalue weighted by Crippen LogP contribution is -2.73. The first kappa shape index (κ1) is 10.1. The second-order valence-corrected chi connectivity index (χ2v) is 5.65. The van der Waals surface area contributed by atoms with Crippen LogP contribution in [0.1, 0.15) is 27.2 Å². The fourth-order valence-electron chi connectivity index (χ4n) is 2.41. The first-order chi connectivity index (χ1) is 6.36. The van der Waals surface area contributed by atoms with Gasteiger partial charge in [-0.15, -0.1) is 0 Å². The summed E-state index contributed by atoms with van der Waals surface area (Å²) in [6, 6.07) is 0. The Hall–Kier alpha value is -0.410. The van der Waals surface area contributed by atoms with Gasteiger partial charge in [0.1, 0.15) is 5.54 Å². The van der Waals surface area contributed by atoms with E-state index in [2.05, 4.69) is 37.6 Å². The van der Waals surface area contributed by atoms with Crippen LogP contribution in [-0.2, 0) is 4.79 Å². The number of Topliss-reactive ketones (excluding diaryl/α,β-unsaturated/α-hetero) is 1. The quantitative estimate of drug-likeness (QED) is 0.571. The Balaban J connectivity index is 2.07. The molecule has 14 heavy (non-hydrogen) atoms. The summed E-state index contributed by atoms with van der Waals surface area (Å²) in [6.45, 7) is 9.41. The van der Waals surface area contributed by atoms with E-state index in [9.17, 15) is 4.79 Å². The molecule has 2 aliphatic heterocycles. The maximum atomic E-state index is 11.8.